The van der Waals surface area contributed by atoms with Gasteiger partial charge in [-0.25, -0.2) is 4.98 Å². The number of amides is 1. The first-order valence-electron chi connectivity index (χ1n) is 7.88. The number of aryl methyl sites for hydroxylation is 2. The first-order chi connectivity index (χ1) is 11.0. The molecule has 2 heterocycles. The molecule has 0 spiro atoms. The van der Waals surface area contributed by atoms with Crippen molar-refractivity contribution in [3.8, 4) is 0 Å². The van der Waals surface area contributed by atoms with Gasteiger partial charge in [0.2, 0.25) is 5.91 Å². The lowest BCUT2D eigenvalue weighted by Crippen LogP contribution is -2.49. The molecular weight excluding hydrogens is 439 g/mol. The second-order valence-electron chi connectivity index (χ2n) is 5.83. The number of thiazole rings is 1. The summed E-state index contributed by atoms with van der Waals surface area (Å²) < 4.78 is 0. The molecule has 1 amide bonds. The fraction of sp³-hybridized carbons (Fsp3) is 0.667. The highest BCUT2D eigenvalue weighted by Gasteiger charge is 2.20. The number of guanidine groups is 1. The molecule has 0 unspecified atom stereocenters. The summed E-state index contributed by atoms with van der Waals surface area (Å²) in [4.78, 5) is 23.0. The lowest BCUT2D eigenvalue weighted by Gasteiger charge is -2.32. The number of hydrogen-bond donors (Lipinski definition) is 3. The molecule has 0 bridgehead atoms. The summed E-state index contributed by atoms with van der Waals surface area (Å²) in [6.45, 7) is 6.90. The van der Waals surface area contributed by atoms with Crippen LogP contribution in [0, 0.1) is 13.8 Å². The fourth-order valence-electron chi connectivity index (χ4n) is 2.75. The summed E-state index contributed by atoms with van der Waals surface area (Å²) in [7, 11) is 1.78. The Labute approximate surface area is 164 Å². The van der Waals surface area contributed by atoms with Crippen LogP contribution in [0.1, 0.15) is 28.4 Å². The van der Waals surface area contributed by atoms with E-state index in [0.717, 1.165) is 49.1 Å². The number of rotatable bonds is 5. The van der Waals surface area contributed by atoms with E-state index in [1.54, 1.807) is 18.4 Å². The molecule has 1 fully saturated rings. The number of halogens is 1. The average molecular weight is 466 g/mol. The van der Waals surface area contributed by atoms with E-state index in [1.165, 1.54) is 4.88 Å². The topological polar surface area (TPSA) is 95.6 Å². The smallest absolute Gasteiger partial charge is 0.231 e. The van der Waals surface area contributed by atoms with E-state index in [2.05, 4.69) is 25.5 Å². The van der Waals surface area contributed by atoms with Crippen molar-refractivity contribution >= 4 is 47.2 Å². The van der Waals surface area contributed by atoms with Gasteiger partial charge in [0.15, 0.2) is 5.96 Å². The third kappa shape index (κ3) is 6.52. The zero-order valence-corrected chi connectivity index (χ0v) is 17.6. The number of carbonyl (C=O) groups is 1. The van der Waals surface area contributed by atoms with Crippen LogP contribution < -0.4 is 16.4 Å². The summed E-state index contributed by atoms with van der Waals surface area (Å²) in [5, 5.41) is 7.90. The Morgan fingerprint density at radius 3 is 2.58 bits per heavy atom. The van der Waals surface area contributed by atoms with E-state index in [1.807, 2.05) is 13.8 Å². The molecule has 0 atom stereocenters. The van der Waals surface area contributed by atoms with E-state index < -0.39 is 0 Å². The van der Waals surface area contributed by atoms with Gasteiger partial charge in [-0.1, -0.05) is 0 Å². The van der Waals surface area contributed by atoms with Crippen LogP contribution in [0.2, 0.25) is 0 Å². The molecule has 1 aromatic rings. The van der Waals surface area contributed by atoms with Crippen molar-refractivity contribution in [2.24, 2.45) is 10.7 Å². The van der Waals surface area contributed by atoms with Crippen LogP contribution in [0.5, 0.6) is 0 Å². The molecular formula is C15H27IN6OS. The van der Waals surface area contributed by atoms with Crippen molar-refractivity contribution in [2.45, 2.75) is 39.3 Å². The van der Waals surface area contributed by atoms with Crippen molar-refractivity contribution in [3.05, 3.63) is 15.6 Å². The number of nitrogens with one attached hydrogen (secondary N) is 2. The van der Waals surface area contributed by atoms with Gasteiger partial charge in [0.05, 0.1) is 23.8 Å². The third-order valence-corrected chi connectivity index (χ3v) is 5.02. The molecule has 24 heavy (non-hydrogen) atoms. The van der Waals surface area contributed by atoms with Gasteiger partial charge in [-0.2, -0.15) is 0 Å². The summed E-state index contributed by atoms with van der Waals surface area (Å²) in [6, 6.07) is 0.370. The minimum Gasteiger partial charge on any atom is -0.369 e. The van der Waals surface area contributed by atoms with Crippen LogP contribution in [0.15, 0.2) is 4.99 Å². The third-order valence-electron chi connectivity index (χ3n) is 3.95. The van der Waals surface area contributed by atoms with E-state index >= 15 is 0 Å². The number of carbonyl (C=O) groups excluding carboxylic acids is 1. The first-order valence-corrected chi connectivity index (χ1v) is 8.70. The fourth-order valence-corrected chi connectivity index (χ4v) is 3.62. The number of aromatic nitrogens is 1. The van der Waals surface area contributed by atoms with Crippen molar-refractivity contribution in [2.75, 3.05) is 26.7 Å². The Bertz CT molecular complexity index is 568. The van der Waals surface area contributed by atoms with Crippen LogP contribution in [0.3, 0.4) is 0 Å². The average Bonchev–Trinajstić information content (AvgIpc) is 2.82. The number of nitrogens with two attached hydrogens (primary N) is 1. The van der Waals surface area contributed by atoms with Gasteiger partial charge in [0.25, 0.3) is 0 Å². The van der Waals surface area contributed by atoms with Crippen molar-refractivity contribution in [3.63, 3.8) is 0 Å². The first kappa shape index (κ1) is 21.1. The molecule has 4 N–H and O–H groups in total. The molecule has 1 aromatic heterocycles. The molecule has 0 aromatic carbocycles. The highest BCUT2D eigenvalue weighted by Crippen LogP contribution is 2.16. The van der Waals surface area contributed by atoms with Crippen molar-refractivity contribution in [1.82, 2.24) is 20.5 Å². The summed E-state index contributed by atoms with van der Waals surface area (Å²) in [6.07, 6.45) is 1.96. The SMILES string of the molecule is CN=C(NCc1sc(C)nc1C)NC1CCN(CC(N)=O)CC1.I. The highest BCUT2D eigenvalue weighted by atomic mass is 127. The van der Waals surface area contributed by atoms with Gasteiger partial charge in [-0.05, 0) is 26.7 Å². The molecule has 136 valence electrons. The highest BCUT2D eigenvalue weighted by molar-refractivity contribution is 14.0. The Morgan fingerprint density at radius 1 is 1.42 bits per heavy atom. The normalized spacial score (nSPS) is 16.5. The predicted molar refractivity (Wildman–Crippen MR) is 109 cm³/mol. The molecule has 2 rings (SSSR count). The number of aliphatic imine (C=N–C) groups is 1. The summed E-state index contributed by atoms with van der Waals surface area (Å²) in [5.41, 5.74) is 6.32. The molecule has 1 aliphatic heterocycles. The lowest BCUT2D eigenvalue weighted by atomic mass is 10.1. The standard InChI is InChI=1S/C15H26N6OS.HI/c1-10-13(23-11(2)19-10)8-18-15(17-3)20-12-4-6-21(7-5-12)9-14(16)22;/h12H,4-9H2,1-3H3,(H2,16,22)(H2,17,18,20);1H. The van der Waals surface area contributed by atoms with E-state index in [4.69, 9.17) is 5.73 Å². The molecule has 1 aliphatic rings. The molecule has 1 saturated heterocycles. The summed E-state index contributed by atoms with van der Waals surface area (Å²) in [5.74, 6) is 0.549. The van der Waals surface area contributed by atoms with Gasteiger partial charge in [0.1, 0.15) is 0 Å². The van der Waals surface area contributed by atoms with Crippen LogP contribution in [-0.2, 0) is 11.3 Å². The van der Waals surface area contributed by atoms with Gasteiger partial charge < -0.3 is 16.4 Å². The Balaban J connectivity index is 0.00000288. The van der Waals surface area contributed by atoms with Crippen LogP contribution in [-0.4, -0.2) is 54.5 Å². The van der Waals surface area contributed by atoms with Crippen molar-refractivity contribution < 1.29 is 4.79 Å². The Kier molecular flexibility index (Phi) is 8.92. The number of hydrogen-bond acceptors (Lipinski definition) is 5. The second-order valence-corrected chi connectivity index (χ2v) is 7.12. The number of likely N-dealkylation sites (tertiary alicyclic amines) is 1. The minimum atomic E-state index is -0.260. The maximum Gasteiger partial charge on any atom is 0.231 e. The quantitative estimate of drug-likeness (QED) is 0.342. The maximum absolute atomic E-state index is 11.0. The zero-order valence-electron chi connectivity index (χ0n) is 14.5. The predicted octanol–water partition coefficient (Wildman–Crippen LogP) is 0.993. The maximum atomic E-state index is 11.0. The molecule has 0 aliphatic carbocycles. The van der Waals surface area contributed by atoms with E-state index in [0.29, 0.717) is 12.6 Å². The van der Waals surface area contributed by atoms with Gasteiger partial charge in [-0.3, -0.25) is 14.7 Å². The zero-order chi connectivity index (χ0) is 16.8. The van der Waals surface area contributed by atoms with Crippen LogP contribution in [0.4, 0.5) is 0 Å². The Morgan fingerprint density at radius 2 is 2.08 bits per heavy atom. The summed E-state index contributed by atoms with van der Waals surface area (Å²) >= 11 is 1.71. The van der Waals surface area contributed by atoms with E-state index in [9.17, 15) is 4.79 Å². The molecule has 0 saturated carbocycles. The lowest BCUT2D eigenvalue weighted by molar-refractivity contribution is -0.119. The number of piperidine rings is 1. The minimum absolute atomic E-state index is 0. The van der Waals surface area contributed by atoms with Gasteiger partial charge >= 0.3 is 0 Å². The van der Waals surface area contributed by atoms with E-state index in [-0.39, 0.29) is 29.9 Å². The van der Waals surface area contributed by atoms with Crippen molar-refractivity contribution in [1.29, 1.82) is 0 Å². The number of nitrogens with zero attached hydrogens (tertiary/aromatic N) is 3. The van der Waals surface area contributed by atoms with Gasteiger partial charge in [0, 0.05) is 31.1 Å². The number of primary amides is 1. The van der Waals surface area contributed by atoms with Crippen LogP contribution >= 0.6 is 35.3 Å². The monoisotopic (exact) mass is 466 g/mol. The molecule has 7 nitrogen and oxygen atoms in total. The largest absolute Gasteiger partial charge is 0.369 e. The Hall–Kier alpha value is -0.940. The second kappa shape index (κ2) is 10.1. The molecule has 9 heteroatoms. The van der Waals surface area contributed by atoms with Crippen LogP contribution in [0.25, 0.3) is 0 Å². The molecule has 0 radical (unpaired) electrons. The van der Waals surface area contributed by atoms with Gasteiger partial charge in [-0.15, -0.1) is 35.3 Å².